The molecule has 122 valence electrons. The molecule has 1 N–H and O–H groups in total. The molecular weight excluding hydrogens is 314 g/mol. The van der Waals surface area contributed by atoms with Crippen LogP contribution in [-0.4, -0.2) is 39.0 Å². The Morgan fingerprint density at radius 3 is 3.04 bits per heavy atom. The first kappa shape index (κ1) is 14.8. The highest BCUT2D eigenvalue weighted by Crippen LogP contribution is 2.40. The molecule has 8 heteroatoms. The molecule has 1 aliphatic carbocycles. The second kappa shape index (κ2) is 6.01. The molecule has 1 atom stereocenters. The second-order valence-corrected chi connectivity index (χ2v) is 7.09. The lowest BCUT2D eigenvalue weighted by Gasteiger charge is -2.20. The Morgan fingerprint density at radius 1 is 1.43 bits per heavy atom. The maximum Gasteiger partial charge on any atom is 0.240 e. The minimum Gasteiger partial charge on any atom is -0.339 e. The molecule has 2 aliphatic rings. The topological polar surface area (TPSA) is 84.2 Å². The molecule has 0 aromatic carbocycles. The summed E-state index contributed by atoms with van der Waals surface area (Å²) in [5.41, 5.74) is 0.920. The van der Waals surface area contributed by atoms with Gasteiger partial charge in [0.15, 0.2) is 11.0 Å². The molecule has 2 fully saturated rings. The van der Waals surface area contributed by atoms with Crippen LogP contribution in [0.5, 0.6) is 0 Å². The van der Waals surface area contributed by atoms with E-state index in [4.69, 9.17) is 4.52 Å². The van der Waals surface area contributed by atoms with Gasteiger partial charge < -0.3 is 9.84 Å². The van der Waals surface area contributed by atoms with E-state index in [1.807, 2.05) is 12.3 Å². The van der Waals surface area contributed by atoms with Crippen LogP contribution in [0.1, 0.15) is 55.1 Å². The van der Waals surface area contributed by atoms with Gasteiger partial charge in [0.25, 0.3) is 0 Å². The molecular formula is C15H19N5O2S. The van der Waals surface area contributed by atoms with E-state index in [2.05, 4.69) is 25.3 Å². The number of hydrogen-bond acceptors (Lipinski definition) is 7. The van der Waals surface area contributed by atoms with Crippen molar-refractivity contribution in [3.63, 3.8) is 0 Å². The van der Waals surface area contributed by atoms with Crippen LogP contribution in [0.2, 0.25) is 0 Å². The van der Waals surface area contributed by atoms with Gasteiger partial charge in [-0.2, -0.15) is 4.98 Å². The molecule has 1 aliphatic heterocycles. The van der Waals surface area contributed by atoms with E-state index in [1.54, 1.807) is 0 Å². The number of aryl methyl sites for hydroxylation is 1. The van der Waals surface area contributed by atoms with Crippen LogP contribution in [0, 0.1) is 6.92 Å². The fourth-order valence-corrected chi connectivity index (χ4v) is 3.65. The first-order valence-corrected chi connectivity index (χ1v) is 8.86. The van der Waals surface area contributed by atoms with Gasteiger partial charge in [-0.15, -0.1) is 11.3 Å². The van der Waals surface area contributed by atoms with E-state index < -0.39 is 0 Å². The molecule has 0 bridgehead atoms. The van der Waals surface area contributed by atoms with E-state index in [0.717, 1.165) is 49.6 Å². The Kier molecular flexibility index (Phi) is 3.86. The number of hydrogen-bond donors (Lipinski definition) is 1. The molecule has 2 aromatic heterocycles. The lowest BCUT2D eigenvalue weighted by Crippen LogP contribution is -2.33. The average molecular weight is 333 g/mol. The number of thiazole rings is 1. The Balaban J connectivity index is 1.39. The zero-order valence-electron chi connectivity index (χ0n) is 13.0. The predicted molar refractivity (Wildman–Crippen MR) is 85.3 cm³/mol. The van der Waals surface area contributed by atoms with Gasteiger partial charge >= 0.3 is 0 Å². The van der Waals surface area contributed by atoms with Crippen LogP contribution in [0.3, 0.4) is 0 Å². The monoisotopic (exact) mass is 333 g/mol. The standard InChI is InChI=1S/C15H19N5O2S/c1-9-8-23-15(16-9)17-12(21)7-20-6-2-3-11(20)13-18-14(22-19-13)10-4-5-10/h8,10-11H,2-7H2,1H3,(H,16,17,21)/t11-/m1/s1. The number of nitrogens with zero attached hydrogens (tertiary/aromatic N) is 4. The van der Waals surface area contributed by atoms with Crippen molar-refractivity contribution >= 4 is 22.4 Å². The summed E-state index contributed by atoms with van der Waals surface area (Å²) in [6.07, 6.45) is 4.30. The normalized spacial score (nSPS) is 21.7. The molecule has 0 spiro atoms. The van der Waals surface area contributed by atoms with Gasteiger partial charge in [-0.3, -0.25) is 9.69 Å². The zero-order valence-corrected chi connectivity index (χ0v) is 13.8. The third-order valence-electron chi connectivity index (χ3n) is 4.26. The number of nitrogens with one attached hydrogen (secondary N) is 1. The average Bonchev–Trinajstić information content (AvgIpc) is 2.91. The summed E-state index contributed by atoms with van der Waals surface area (Å²) < 4.78 is 5.36. The second-order valence-electron chi connectivity index (χ2n) is 6.24. The summed E-state index contributed by atoms with van der Waals surface area (Å²) in [7, 11) is 0. The Hall–Kier alpha value is -1.80. The van der Waals surface area contributed by atoms with E-state index in [1.165, 1.54) is 11.3 Å². The molecule has 1 saturated carbocycles. The lowest BCUT2D eigenvalue weighted by molar-refractivity contribution is -0.117. The zero-order chi connectivity index (χ0) is 15.8. The molecule has 0 unspecified atom stereocenters. The smallest absolute Gasteiger partial charge is 0.240 e. The van der Waals surface area contributed by atoms with Crippen LogP contribution in [0.15, 0.2) is 9.90 Å². The summed E-state index contributed by atoms with van der Waals surface area (Å²) in [6, 6.07) is 0.0787. The minimum atomic E-state index is -0.0443. The van der Waals surface area contributed by atoms with Crippen molar-refractivity contribution in [2.75, 3.05) is 18.4 Å². The third-order valence-corrected chi connectivity index (χ3v) is 5.13. The quantitative estimate of drug-likeness (QED) is 0.905. The number of amides is 1. The van der Waals surface area contributed by atoms with Gasteiger partial charge in [0, 0.05) is 11.3 Å². The van der Waals surface area contributed by atoms with Crippen molar-refractivity contribution in [2.45, 2.75) is 44.6 Å². The van der Waals surface area contributed by atoms with E-state index in [0.29, 0.717) is 17.6 Å². The van der Waals surface area contributed by atoms with Crippen molar-refractivity contribution in [3.05, 3.63) is 22.8 Å². The summed E-state index contributed by atoms with van der Waals surface area (Å²) in [5, 5.41) is 9.57. The van der Waals surface area contributed by atoms with Crippen molar-refractivity contribution in [2.24, 2.45) is 0 Å². The van der Waals surface area contributed by atoms with Crippen LogP contribution in [0.4, 0.5) is 5.13 Å². The fourth-order valence-electron chi connectivity index (χ4n) is 2.94. The van der Waals surface area contributed by atoms with Crippen molar-refractivity contribution in [1.82, 2.24) is 20.0 Å². The SMILES string of the molecule is Cc1csc(NC(=O)CN2CCC[C@@H]2c2noc(C3CC3)n2)n1. The van der Waals surface area contributed by atoms with Gasteiger partial charge in [0.2, 0.25) is 11.8 Å². The summed E-state index contributed by atoms with van der Waals surface area (Å²) in [5.74, 6) is 1.90. The Labute approximate surface area is 138 Å². The highest BCUT2D eigenvalue weighted by Gasteiger charge is 2.34. The van der Waals surface area contributed by atoms with E-state index >= 15 is 0 Å². The number of carbonyl (C=O) groups is 1. The minimum absolute atomic E-state index is 0.0443. The molecule has 23 heavy (non-hydrogen) atoms. The highest BCUT2D eigenvalue weighted by atomic mass is 32.1. The van der Waals surface area contributed by atoms with Crippen LogP contribution in [-0.2, 0) is 4.79 Å². The van der Waals surface area contributed by atoms with Crippen LogP contribution >= 0.6 is 11.3 Å². The predicted octanol–water partition coefficient (Wildman–Crippen LogP) is 2.49. The summed E-state index contributed by atoms with van der Waals surface area (Å²) >= 11 is 1.45. The van der Waals surface area contributed by atoms with Crippen LogP contribution in [0.25, 0.3) is 0 Å². The molecule has 3 heterocycles. The fraction of sp³-hybridized carbons (Fsp3) is 0.600. The summed E-state index contributed by atoms with van der Waals surface area (Å²) in [6.45, 7) is 3.12. The van der Waals surface area contributed by atoms with Crippen molar-refractivity contribution in [3.8, 4) is 0 Å². The molecule has 7 nitrogen and oxygen atoms in total. The van der Waals surface area contributed by atoms with Gasteiger partial charge in [0.05, 0.1) is 18.3 Å². The third kappa shape index (κ3) is 3.28. The Morgan fingerprint density at radius 2 is 2.30 bits per heavy atom. The lowest BCUT2D eigenvalue weighted by atomic mass is 10.2. The largest absolute Gasteiger partial charge is 0.339 e. The molecule has 1 saturated heterocycles. The first-order valence-electron chi connectivity index (χ1n) is 7.98. The van der Waals surface area contributed by atoms with Gasteiger partial charge in [-0.25, -0.2) is 4.98 Å². The summed E-state index contributed by atoms with van der Waals surface area (Å²) in [4.78, 5) is 23.1. The van der Waals surface area contributed by atoms with Crippen molar-refractivity contribution in [1.29, 1.82) is 0 Å². The Bertz CT molecular complexity index is 708. The number of anilines is 1. The molecule has 4 rings (SSSR count). The van der Waals surface area contributed by atoms with Gasteiger partial charge in [-0.05, 0) is 39.2 Å². The number of aromatic nitrogens is 3. The maximum atomic E-state index is 12.2. The van der Waals surface area contributed by atoms with Crippen LogP contribution < -0.4 is 5.32 Å². The highest BCUT2D eigenvalue weighted by molar-refractivity contribution is 7.13. The van der Waals surface area contributed by atoms with Gasteiger partial charge in [0.1, 0.15) is 0 Å². The molecule has 2 aromatic rings. The molecule has 1 amide bonds. The number of rotatable bonds is 5. The maximum absolute atomic E-state index is 12.2. The first-order chi connectivity index (χ1) is 11.2. The van der Waals surface area contributed by atoms with Crippen molar-refractivity contribution < 1.29 is 9.32 Å². The van der Waals surface area contributed by atoms with E-state index in [-0.39, 0.29) is 11.9 Å². The van der Waals surface area contributed by atoms with Gasteiger partial charge in [-0.1, -0.05) is 5.16 Å². The molecule has 0 radical (unpaired) electrons. The number of carbonyl (C=O) groups excluding carboxylic acids is 1. The van der Waals surface area contributed by atoms with E-state index in [9.17, 15) is 4.79 Å². The number of likely N-dealkylation sites (tertiary alicyclic amines) is 1.